The molecule has 0 aromatic carbocycles. The van der Waals surface area contributed by atoms with Gasteiger partial charge in [0.1, 0.15) is 5.69 Å². The molecule has 0 saturated heterocycles. The number of aryl methyl sites for hydroxylation is 2. The van der Waals surface area contributed by atoms with Crippen molar-refractivity contribution in [1.82, 2.24) is 9.78 Å². The Morgan fingerprint density at radius 2 is 2.36 bits per heavy atom. The molecule has 4 nitrogen and oxygen atoms in total. The first kappa shape index (κ1) is 10.6. The molecular formula is C8H10F2N2O2. The van der Waals surface area contributed by atoms with E-state index in [2.05, 4.69) is 5.10 Å². The highest BCUT2D eigenvalue weighted by Gasteiger charge is 2.17. The van der Waals surface area contributed by atoms with Gasteiger partial charge >= 0.3 is 5.97 Å². The van der Waals surface area contributed by atoms with E-state index in [9.17, 15) is 13.6 Å². The molecule has 1 aromatic rings. The number of halogens is 2. The van der Waals surface area contributed by atoms with Gasteiger partial charge in [0.25, 0.3) is 6.43 Å². The molecule has 0 atom stereocenters. The van der Waals surface area contributed by atoms with Crippen molar-refractivity contribution < 1.29 is 18.7 Å². The standard InChI is InChI=1S/C8H10F2N2O2/c1-12-4-5(2-3-6(13)14)7(11-12)8(9)10/h4,8H,2-3H2,1H3,(H,13,14). The van der Waals surface area contributed by atoms with Gasteiger partial charge in [-0.3, -0.25) is 9.48 Å². The van der Waals surface area contributed by atoms with Crippen LogP contribution in [-0.2, 0) is 18.3 Å². The fraction of sp³-hybridized carbons (Fsp3) is 0.500. The Morgan fingerprint density at radius 3 is 2.86 bits per heavy atom. The van der Waals surface area contributed by atoms with Gasteiger partial charge in [-0.25, -0.2) is 8.78 Å². The third kappa shape index (κ3) is 2.51. The normalized spacial score (nSPS) is 10.9. The molecule has 0 aliphatic rings. The Balaban J connectivity index is 2.79. The molecule has 0 fully saturated rings. The van der Waals surface area contributed by atoms with Crippen molar-refractivity contribution in [3.63, 3.8) is 0 Å². The molecule has 14 heavy (non-hydrogen) atoms. The third-order valence-electron chi connectivity index (χ3n) is 1.75. The number of nitrogens with zero attached hydrogens (tertiary/aromatic N) is 2. The van der Waals surface area contributed by atoms with Crippen molar-refractivity contribution >= 4 is 5.97 Å². The molecule has 1 rings (SSSR count). The van der Waals surface area contributed by atoms with Gasteiger partial charge in [0.15, 0.2) is 0 Å². The Hall–Kier alpha value is -1.46. The van der Waals surface area contributed by atoms with Gasteiger partial charge in [-0.2, -0.15) is 5.10 Å². The summed E-state index contributed by atoms with van der Waals surface area (Å²) in [5, 5.41) is 12.0. The van der Waals surface area contributed by atoms with E-state index >= 15 is 0 Å². The maximum atomic E-state index is 12.3. The van der Waals surface area contributed by atoms with E-state index in [1.165, 1.54) is 17.9 Å². The Labute approximate surface area is 79.2 Å². The van der Waals surface area contributed by atoms with E-state index < -0.39 is 12.4 Å². The van der Waals surface area contributed by atoms with Crippen LogP contribution in [0.2, 0.25) is 0 Å². The van der Waals surface area contributed by atoms with Crippen LogP contribution in [0, 0.1) is 0 Å². The molecule has 0 amide bonds. The lowest BCUT2D eigenvalue weighted by molar-refractivity contribution is -0.136. The molecule has 0 aliphatic heterocycles. The summed E-state index contributed by atoms with van der Waals surface area (Å²) in [7, 11) is 1.52. The van der Waals surface area contributed by atoms with E-state index in [0.29, 0.717) is 5.56 Å². The number of hydrogen-bond donors (Lipinski definition) is 1. The summed E-state index contributed by atoms with van der Waals surface area (Å²) in [6.45, 7) is 0. The van der Waals surface area contributed by atoms with Crippen LogP contribution in [0.25, 0.3) is 0 Å². The Morgan fingerprint density at radius 1 is 1.71 bits per heavy atom. The molecular weight excluding hydrogens is 194 g/mol. The van der Waals surface area contributed by atoms with Gasteiger partial charge < -0.3 is 5.11 Å². The van der Waals surface area contributed by atoms with Gasteiger partial charge in [-0.15, -0.1) is 0 Å². The third-order valence-corrected chi connectivity index (χ3v) is 1.75. The minimum absolute atomic E-state index is 0.0862. The summed E-state index contributed by atoms with van der Waals surface area (Å²) in [6, 6.07) is 0. The van der Waals surface area contributed by atoms with Gasteiger partial charge in [-0.1, -0.05) is 0 Å². The molecule has 1 aromatic heterocycles. The van der Waals surface area contributed by atoms with Crippen LogP contribution in [0.1, 0.15) is 24.1 Å². The van der Waals surface area contributed by atoms with E-state index in [4.69, 9.17) is 5.11 Å². The van der Waals surface area contributed by atoms with Crippen LogP contribution in [0.5, 0.6) is 0 Å². The first-order chi connectivity index (χ1) is 6.50. The average Bonchev–Trinajstić information content (AvgIpc) is 2.43. The SMILES string of the molecule is Cn1cc(CCC(=O)O)c(C(F)F)n1. The second-order valence-electron chi connectivity index (χ2n) is 2.91. The summed E-state index contributed by atoms with van der Waals surface area (Å²) >= 11 is 0. The molecule has 0 unspecified atom stereocenters. The summed E-state index contributed by atoms with van der Waals surface area (Å²) in [5.74, 6) is -1.01. The molecule has 78 valence electrons. The maximum Gasteiger partial charge on any atom is 0.303 e. The van der Waals surface area contributed by atoms with E-state index in [-0.39, 0.29) is 18.5 Å². The van der Waals surface area contributed by atoms with Gasteiger partial charge in [0, 0.05) is 19.7 Å². The summed E-state index contributed by atoms with van der Waals surface area (Å²) in [6.07, 6.45) is -1.31. The largest absolute Gasteiger partial charge is 0.481 e. The molecule has 0 radical (unpaired) electrons. The van der Waals surface area contributed by atoms with Gasteiger partial charge in [0.05, 0.1) is 0 Å². The van der Waals surface area contributed by atoms with E-state index in [1.54, 1.807) is 0 Å². The maximum absolute atomic E-state index is 12.3. The lowest BCUT2D eigenvalue weighted by Gasteiger charge is -1.97. The highest BCUT2D eigenvalue weighted by Crippen LogP contribution is 2.21. The Bertz CT molecular complexity index is 336. The van der Waals surface area contributed by atoms with Crippen molar-refractivity contribution in [3.05, 3.63) is 17.5 Å². The van der Waals surface area contributed by atoms with E-state index in [1.807, 2.05) is 0 Å². The number of alkyl halides is 2. The fourth-order valence-corrected chi connectivity index (χ4v) is 1.17. The summed E-state index contributed by atoms with van der Waals surface area (Å²) in [4.78, 5) is 10.2. The van der Waals surface area contributed by atoms with Crippen LogP contribution in [-0.4, -0.2) is 20.9 Å². The van der Waals surface area contributed by atoms with Gasteiger partial charge in [-0.05, 0) is 12.0 Å². The zero-order valence-corrected chi connectivity index (χ0v) is 7.57. The lowest BCUT2D eigenvalue weighted by Crippen LogP contribution is -1.99. The summed E-state index contributed by atoms with van der Waals surface area (Å²) < 4.78 is 25.9. The number of aliphatic carboxylic acids is 1. The first-order valence-electron chi connectivity index (χ1n) is 4.03. The minimum atomic E-state index is -2.65. The highest BCUT2D eigenvalue weighted by molar-refractivity contribution is 5.67. The molecule has 1 N–H and O–H groups in total. The number of rotatable bonds is 4. The number of carboxylic acid groups (broad SMARTS) is 1. The number of aromatic nitrogens is 2. The quantitative estimate of drug-likeness (QED) is 0.805. The molecule has 0 bridgehead atoms. The topological polar surface area (TPSA) is 55.1 Å². The second-order valence-corrected chi connectivity index (χ2v) is 2.91. The zero-order chi connectivity index (χ0) is 10.7. The lowest BCUT2D eigenvalue weighted by atomic mass is 10.1. The second kappa shape index (κ2) is 4.17. The number of carbonyl (C=O) groups is 1. The van der Waals surface area contributed by atoms with Crippen molar-refractivity contribution in [2.45, 2.75) is 19.3 Å². The average molecular weight is 204 g/mol. The Kier molecular flexibility index (Phi) is 3.16. The van der Waals surface area contributed by atoms with Gasteiger partial charge in [0.2, 0.25) is 0 Å². The van der Waals surface area contributed by atoms with Crippen molar-refractivity contribution in [1.29, 1.82) is 0 Å². The zero-order valence-electron chi connectivity index (χ0n) is 7.57. The minimum Gasteiger partial charge on any atom is -0.481 e. The van der Waals surface area contributed by atoms with Crippen molar-refractivity contribution in [2.75, 3.05) is 0 Å². The molecule has 0 saturated carbocycles. The number of hydrogen-bond acceptors (Lipinski definition) is 2. The molecule has 6 heteroatoms. The van der Waals surface area contributed by atoms with Crippen LogP contribution in [0.15, 0.2) is 6.20 Å². The predicted octanol–water partition coefficient (Wildman–Crippen LogP) is 1.37. The number of carboxylic acids is 1. The van der Waals surface area contributed by atoms with Crippen molar-refractivity contribution in [3.8, 4) is 0 Å². The smallest absolute Gasteiger partial charge is 0.303 e. The fourth-order valence-electron chi connectivity index (χ4n) is 1.17. The van der Waals surface area contributed by atoms with Crippen LogP contribution < -0.4 is 0 Å². The molecule has 0 spiro atoms. The van der Waals surface area contributed by atoms with Crippen LogP contribution >= 0.6 is 0 Å². The highest BCUT2D eigenvalue weighted by atomic mass is 19.3. The van der Waals surface area contributed by atoms with Crippen molar-refractivity contribution in [2.24, 2.45) is 7.05 Å². The predicted molar refractivity (Wildman–Crippen MR) is 44.1 cm³/mol. The van der Waals surface area contributed by atoms with Crippen LogP contribution in [0.4, 0.5) is 8.78 Å². The molecule has 1 heterocycles. The monoisotopic (exact) mass is 204 g/mol. The van der Waals surface area contributed by atoms with Crippen LogP contribution in [0.3, 0.4) is 0 Å². The summed E-state index contributed by atoms with van der Waals surface area (Å²) in [5.41, 5.74) is -0.0290. The first-order valence-corrected chi connectivity index (χ1v) is 4.03. The van der Waals surface area contributed by atoms with E-state index in [0.717, 1.165) is 0 Å². The molecule has 0 aliphatic carbocycles.